The van der Waals surface area contributed by atoms with E-state index in [2.05, 4.69) is 79.7 Å². The molecular weight excluding hydrogens is 318 g/mol. The first-order valence-corrected chi connectivity index (χ1v) is 9.75. The van der Waals surface area contributed by atoms with Gasteiger partial charge in [0.05, 0.1) is 5.60 Å². The Balaban J connectivity index is 1.88. The first-order chi connectivity index (χ1) is 12.6. The molecule has 1 N–H and O–H groups in total. The minimum atomic E-state index is -0.728. The van der Waals surface area contributed by atoms with Gasteiger partial charge in [0, 0.05) is 12.5 Å². The topological polar surface area (TPSA) is 23.5 Å². The molecule has 1 fully saturated rings. The Kier molecular flexibility index (Phi) is 6.29. The lowest BCUT2D eigenvalue weighted by Crippen LogP contribution is -2.47. The van der Waals surface area contributed by atoms with Crippen LogP contribution in [0.25, 0.3) is 6.08 Å². The average molecular weight is 350 g/mol. The summed E-state index contributed by atoms with van der Waals surface area (Å²) in [6.45, 7) is 0.928. The van der Waals surface area contributed by atoms with Crippen LogP contribution < -0.4 is 0 Å². The van der Waals surface area contributed by atoms with Crippen molar-refractivity contribution in [3.63, 3.8) is 0 Å². The second-order valence-corrected chi connectivity index (χ2v) is 7.84. The quantitative estimate of drug-likeness (QED) is 0.810. The molecule has 0 aliphatic heterocycles. The van der Waals surface area contributed by atoms with E-state index >= 15 is 0 Å². The van der Waals surface area contributed by atoms with Gasteiger partial charge in [0.15, 0.2) is 0 Å². The monoisotopic (exact) mass is 349 g/mol. The fourth-order valence-corrected chi connectivity index (χ4v) is 4.23. The van der Waals surface area contributed by atoms with Crippen LogP contribution in [0.3, 0.4) is 0 Å². The van der Waals surface area contributed by atoms with Crippen LogP contribution in [-0.2, 0) is 6.42 Å². The molecule has 1 aliphatic rings. The maximum atomic E-state index is 11.9. The van der Waals surface area contributed by atoms with Crippen LogP contribution in [0.2, 0.25) is 0 Å². The number of aliphatic hydroxyl groups is 1. The van der Waals surface area contributed by atoms with Crippen molar-refractivity contribution < 1.29 is 5.11 Å². The predicted molar refractivity (Wildman–Crippen MR) is 110 cm³/mol. The normalized spacial score (nSPS) is 24.9. The van der Waals surface area contributed by atoms with E-state index in [1.165, 1.54) is 16.7 Å². The van der Waals surface area contributed by atoms with E-state index in [1.54, 1.807) is 0 Å². The maximum Gasteiger partial charge on any atom is 0.0903 e. The summed E-state index contributed by atoms with van der Waals surface area (Å²) in [5.41, 5.74) is 2.96. The molecule has 26 heavy (non-hydrogen) atoms. The second kappa shape index (κ2) is 8.66. The third kappa shape index (κ3) is 4.63. The van der Waals surface area contributed by atoms with Crippen LogP contribution in [-0.4, -0.2) is 36.2 Å². The highest BCUT2D eigenvalue weighted by Crippen LogP contribution is 2.42. The van der Waals surface area contributed by atoms with Crippen LogP contribution in [0.4, 0.5) is 0 Å². The molecule has 1 aliphatic carbocycles. The van der Waals surface area contributed by atoms with Crippen molar-refractivity contribution in [2.75, 3.05) is 20.6 Å². The predicted octanol–water partition coefficient (Wildman–Crippen LogP) is 4.80. The fourth-order valence-electron chi connectivity index (χ4n) is 4.23. The molecule has 138 valence electrons. The first kappa shape index (κ1) is 18.9. The molecule has 2 atom stereocenters. The maximum absolute atomic E-state index is 11.9. The van der Waals surface area contributed by atoms with Crippen LogP contribution in [0.1, 0.15) is 36.8 Å². The lowest BCUT2D eigenvalue weighted by molar-refractivity contribution is -0.0192. The highest BCUT2D eigenvalue weighted by atomic mass is 16.3. The molecule has 0 aromatic heterocycles. The SMILES string of the molecule is CN(C)CC1CCC/C(=C\c2ccccc2)C1(O)CCc1ccccc1. The smallest absolute Gasteiger partial charge is 0.0903 e. The third-order valence-corrected chi connectivity index (χ3v) is 5.59. The second-order valence-electron chi connectivity index (χ2n) is 7.84. The zero-order valence-corrected chi connectivity index (χ0v) is 16.1. The Morgan fingerprint density at radius 3 is 2.35 bits per heavy atom. The molecule has 0 radical (unpaired) electrons. The third-order valence-electron chi connectivity index (χ3n) is 5.59. The van der Waals surface area contributed by atoms with Gasteiger partial charge in [0.1, 0.15) is 0 Å². The molecule has 0 saturated heterocycles. The number of hydrogen-bond donors (Lipinski definition) is 1. The molecule has 0 heterocycles. The van der Waals surface area contributed by atoms with Crippen molar-refractivity contribution in [1.29, 1.82) is 0 Å². The number of aryl methyl sites for hydroxylation is 1. The Morgan fingerprint density at radius 2 is 1.69 bits per heavy atom. The van der Waals surface area contributed by atoms with Crippen molar-refractivity contribution in [3.05, 3.63) is 77.4 Å². The Labute approximate surface area is 158 Å². The van der Waals surface area contributed by atoms with Crippen LogP contribution in [0.5, 0.6) is 0 Å². The molecule has 0 bridgehead atoms. The van der Waals surface area contributed by atoms with Crippen molar-refractivity contribution in [2.45, 2.75) is 37.7 Å². The zero-order chi connectivity index (χ0) is 18.4. The highest BCUT2D eigenvalue weighted by molar-refractivity contribution is 5.55. The highest BCUT2D eigenvalue weighted by Gasteiger charge is 2.42. The van der Waals surface area contributed by atoms with Gasteiger partial charge in [-0.15, -0.1) is 0 Å². The van der Waals surface area contributed by atoms with Gasteiger partial charge in [-0.05, 0) is 62.9 Å². The fraction of sp³-hybridized carbons (Fsp3) is 0.417. The summed E-state index contributed by atoms with van der Waals surface area (Å²) in [5.74, 6) is 0.282. The molecule has 1 saturated carbocycles. The largest absolute Gasteiger partial charge is 0.385 e. The molecule has 2 aromatic rings. The molecule has 2 heteroatoms. The van der Waals surface area contributed by atoms with E-state index in [0.29, 0.717) is 0 Å². The summed E-state index contributed by atoms with van der Waals surface area (Å²) < 4.78 is 0. The Morgan fingerprint density at radius 1 is 1.04 bits per heavy atom. The van der Waals surface area contributed by atoms with Crippen molar-refractivity contribution in [1.82, 2.24) is 4.90 Å². The molecule has 2 nitrogen and oxygen atoms in total. The number of rotatable bonds is 6. The molecule has 3 rings (SSSR count). The van der Waals surface area contributed by atoms with E-state index in [0.717, 1.165) is 38.6 Å². The molecule has 2 unspecified atom stereocenters. The van der Waals surface area contributed by atoms with Crippen molar-refractivity contribution >= 4 is 6.08 Å². The van der Waals surface area contributed by atoms with Crippen LogP contribution in [0.15, 0.2) is 66.2 Å². The van der Waals surface area contributed by atoms with Gasteiger partial charge >= 0.3 is 0 Å². The van der Waals surface area contributed by atoms with Gasteiger partial charge in [-0.25, -0.2) is 0 Å². The van der Waals surface area contributed by atoms with E-state index in [4.69, 9.17) is 0 Å². The Bertz CT molecular complexity index is 708. The Hall–Kier alpha value is -1.90. The van der Waals surface area contributed by atoms with Gasteiger partial charge in [0.2, 0.25) is 0 Å². The van der Waals surface area contributed by atoms with Gasteiger partial charge < -0.3 is 10.0 Å². The van der Waals surface area contributed by atoms with E-state index in [1.807, 2.05) is 6.07 Å². The molecular formula is C24H31NO. The van der Waals surface area contributed by atoms with Crippen molar-refractivity contribution in [2.24, 2.45) is 5.92 Å². The zero-order valence-electron chi connectivity index (χ0n) is 16.1. The summed E-state index contributed by atoms with van der Waals surface area (Å²) in [4.78, 5) is 2.21. The van der Waals surface area contributed by atoms with E-state index < -0.39 is 5.60 Å². The van der Waals surface area contributed by atoms with Crippen LogP contribution >= 0.6 is 0 Å². The number of benzene rings is 2. The molecule has 2 aromatic carbocycles. The summed E-state index contributed by atoms with van der Waals surface area (Å²) in [5, 5.41) is 11.9. The van der Waals surface area contributed by atoms with Gasteiger partial charge in [-0.3, -0.25) is 0 Å². The summed E-state index contributed by atoms with van der Waals surface area (Å²) >= 11 is 0. The molecule has 0 spiro atoms. The van der Waals surface area contributed by atoms with E-state index in [9.17, 15) is 5.11 Å². The lowest BCUT2D eigenvalue weighted by Gasteiger charge is -2.43. The summed E-state index contributed by atoms with van der Waals surface area (Å²) in [7, 11) is 4.21. The minimum Gasteiger partial charge on any atom is -0.385 e. The molecule has 0 amide bonds. The lowest BCUT2D eigenvalue weighted by atomic mass is 9.68. The minimum absolute atomic E-state index is 0.282. The summed E-state index contributed by atoms with van der Waals surface area (Å²) in [6.07, 6.45) is 7.17. The summed E-state index contributed by atoms with van der Waals surface area (Å²) in [6, 6.07) is 21.0. The van der Waals surface area contributed by atoms with Crippen molar-refractivity contribution in [3.8, 4) is 0 Å². The standard InChI is InChI=1S/C24H31NO/c1-25(2)19-23-15-9-14-22(18-21-12-7-4-8-13-21)24(23,26)17-16-20-10-5-3-6-11-20/h3-8,10-13,18,23,26H,9,14-17,19H2,1-2H3/b22-18+. The van der Waals surface area contributed by atoms with Gasteiger partial charge in [-0.2, -0.15) is 0 Å². The number of nitrogens with zero attached hydrogens (tertiary/aromatic N) is 1. The van der Waals surface area contributed by atoms with Gasteiger partial charge in [-0.1, -0.05) is 66.7 Å². The van der Waals surface area contributed by atoms with Gasteiger partial charge in [0.25, 0.3) is 0 Å². The van der Waals surface area contributed by atoms with E-state index in [-0.39, 0.29) is 5.92 Å². The first-order valence-electron chi connectivity index (χ1n) is 9.75. The van der Waals surface area contributed by atoms with Crippen LogP contribution in [0, 0.1) is 5.92 Å². The average Bonchev–Trinajstić information content (AvgIpc) is 2.65. The number of hydrogen-bond acceptors (Lipinski definition) is 2.